The Labute approximate surface area is 142 Å². The van der Waals surface area contributed by atoms with Crippen molar-refractivity contribution in [3.8, 4) is 11.5 Å². The van der Waals surface area contributed by atoms with Crippen LogP contribution >= 0.6 is 12.2 Å². The second-order valence-corrected chi connectivity index (χ2v) is 5.39. The zero-order valence-electron chi connectivity index (χ0n) is 13.6. The molecule has 23 heavy (non-hydrogen) atoms. The predicted octanol–water partition coefficient (Wildman–Crippen LogP) is 2.94. The largest absolute Gasteiger partial charge is 0.497 e. The van der Waals surface area contributed by atoms with Gasteiger partial charge in [0.15, 0.2) is 5.11 Å². The van der Waals surface area contributed by atoms with E-state index in [1.165, 1.54) is 0 Å². The van der Waals surface area contributed by atoms with Gasteiger partial charge in [0.2, 0.25) is 0 Å². The van der Waals surface area contributed by atoms with Gasteiger partial charge in [-0.1, -0.05) is 6.07 Å². The molecule has 2 N–H and O–H groups in total. The van der Waals surface area contributed by atoms with Gasteiger partial charge >= 0.3 is 0 Å². The summed E-state index contributed by atoms with van der Waals surface area (Å²) in [5, 5.41) is 6.83. The van der Waals surface area contributed by atoms with Crippen molar-refractivity contribution in [2.75, 3.05) is 26.1 Å². The summed E-state index contributed by atoms with van der Waals surface area (Å²) < 4.78 is 10.6. The third-order valence-electron chi connectivity index (χ3n) is 3.41. The van der Waals surface area contributed by atoms with Crippen molar-refractivity contribution in [2.24, 2.45) is 0 Å². The van der Waals surface area contributed by atoms with E-state index in [4.69, 9.17) is 21.7 Å². The van der Waals surface area contributed by atoms with Crippen LogP contribution in [0, 0.1) is 6.92 Å². The zero-order chi connectivity index (χ0) is 16.7. The molecule has 0 bridgehead atoms. The fourth-order valence-corrected chi connectivity index (χ4v) is 2.36. The van der Waals surface area contributed by atoms with Crippen LogP contribution in [0.4, 0.5) is 5.82 Å². The highest BCUT2D eigenvalue weighted by atomic mass is 32.1. The average molecular weight is 331 g/mol. The fourth-order valence-electron chi connectivity index (χ4n) is 2.16. The van der Waals surface area contributed by atoms with Crippen molar-refractivity contribution in [3.05, 3.63) is 47.7 Å². The van der Waals surface area contributed by atoms with E-state index in [-0.39, 0.29) is 0 Å². The van der Waals surface area contributed by atoms with E-state index in [0.717, 1.165) is 34.9 Å². The molecule has 0 spiro atoms. The van der Waals surface area contributed by atoms with Crippen molar-refractivity contribution < 1.29 is 9.47 Å². The average Bonchev–Trinajstić information content (AvgIpc) is 2.57. The Balaban J connectivity index is 1.89. The van der Waals surface area contributed by atoms with E-state index in [9.17, 15) is 0 Å². The molecule has 0 radical (unpaired) electrons. The second-order valence-electron chi connectivity index (χ2n) is 4.98. The van der Waals surface area contributed by atoms with Gasteiger partial charge in [-0.05, 0) is 61.0 Å². The molecule has 2 aromatic rings. The molecule has 5 nitrogen and oxygen atoms in total. The first-order valence-electron chi connectivity index (χ1n) is 7.31. The van der Waals surface area contributed by atoms with E-state index < -0.39 is 0 Å². The molecule has 1 aromatic heterocycles. The molecule has 0 atom stereocenters. The minimum absolute atomic E-state index is 0.550. The second kappa shape index (κ2) is 8.33. The summed E-state index contributed by atoms with van der Waals surface area (Å²) in [6.45, 7) is 2.67. The Morgan fingerprint density at radius 2 is 2.04 bits per heavy atom. The number of pyridine rings is 1. The topological polar surface area (TPSA) is 55.4 Å². The summed E-state index contributed by atoms with van der Waals surface area (Å²) >= 11 is 5.30. The van der Waals surface area contributed by atoms with E-state index in [1.54, 1.807) is 20.4 Å². The van der Waals surface area contributed by atoms with Crippen molar-refractivity contribution in [2.45, 2.75) is 13.3 Å². The number of methoxy groups -OCH3 is 2. The van der Waals surface area contributed by atoms with E-state index >= 15 is 0 Å². The van der Waals surface area contributed by atoms with Crippen LogP contribution in [0.25, 0.3) is 0 Å². The first-order chi connectivity index (χ1) is 11.1. The van der Waals surface area contributed by atoms with Crippen LogP contribution < -0.4 is 20.1 Å². The van der Waals surface area contributed by atoms with Crippen LogP contribution in [-0.4, -0.2) is 30.9 Å². The SMILES string of the molecule is COc1ccc(OC)c(CCNC(=S)Nc2ncccc2C)c1. The van der Waals surface area contributed by atoms with Crippen LogP contribution in [0.15, 0.2) is 36.5 Å². The van der Waals surface area contributed by atoms with Crippen molar-refractivity contribution in [1.82, 2.24) is 10.3 Å². The molecule has 0 fully saturated rings. The van der Waals surface area contributed by atoms with Crippen LogP contribution in [0.2, 0.25) is 0 Å². The van der Waals surface area contributed by atoms with Gasteiger partial charge in [0.25, 0.3) is 0 Å². The van der Waals surface area contributed by atoms with E-state index in [1.807, 2.05) is 37.3 Å². The molecule has 6 heteroatoms. The van der Waals surface area contributed by atoms with Crippen LogP contribution in [0.5, 0.6) is 11.5 Å². The third-order valence-corrected chi connectivity index (χ3v) is 3.66. The van der Waals surface area contributed by atoms with Gasteiger partial charge in [-0.15, -0.1) is 0 Å². The Kier molecular flexibility index (Phi) is 6.17. The molecule has 0 amide bonds. The number of nitrogens with one attached hydrogen (secondary N) is 2. The smallest absolute Gasteiger partial charge is 0.171 e. The number of thiocarbonyl (C=S) groups is 1. The van der Waals surface area contributed by atoms with Crippen LogP contribution in [0.3, 0.4) is 0 Å². The van der Waals surface area contributed by atoms with Crippen molar-refractivity contribution in [3.63, 3.8) is 0 Å². The van der Waals surface area contributed by atoms with Crippen molar-refractivity contribution >= 4 is 23.1 Å². The minimum Gasteiger partial charge on any atom is -0.497 e. The lowest BCUT2D eigenvalue weighted by Gasteiger charge is -2.13. The summed E-state index contributed by atoms with van der Waals surface area (Å²) in [7, 11) is 3.31. The highest BCUT2D eigenvalue weighted by Gasteiger charge is 2.06. The Bertz CT molecular complexity index is 677. The summed E-state index contributed by atoms with van der Waals surface area (Å²) in [6.07, 6.45) is 2.50. The molecular weight excluding hydrogens is 310 g/mol. The highest BCUT2D eigenvalue weighted by molar-refractivity contribution is 7.80. The van der Waals surface area contributed by atoms with Gasteiger partial charge in [0.05, 0.1) is 14.2 Å². The number of ether oxygens (including phenoxy) is 2. The van der Waals surface area contributed by atoms with Gasteiger partial charge in [-0.3, -0.25) is 0 Å². The molecule has 0 saturated carbocycles. The molecule has 2 rings (SSSR count). The Morgan fingerprint density at radius 1 is 1.22 bits per heavy atom. The summed E-state index contributed by atoms with van der Waals surface area (Å²) in [5.74, 6) is 2.42. The monoisotopic (exact) mass is 331 g/mol. The lowest BCUT2D eigenvalue weighted by molar-refractivity contribution is 0.398. The first-order valence-corrected chi connectivity index (χ1v) is 7.72. The number of rotatable bonds is 6. The van der Waals surface area contributed by atoms with Gasteiger partial charge < -0.3 is 20.1 Å². The normalized spacial score (nSPS) is 10.0. The molecule has 0 aliphatic carbocycles. The van der Waals surface area contributed by atoms with E-state index in [0.29, 0.717) is 11.7 Å². The molecule has 0 aliphatic rings. The number of benzene rings is 1. The number of hydrogen-bond donors (Lipinski definition) is 2. The lowest BCUT2D eigenvalue weighted by Crippen LogP contribution is -2.30. The summed E-state index contributed by atoms with van der Waals surface area (Å²) in [4.78, 5) is 4.26. The van der Waals surface area contributed by atoms with Gasteiger partial charge in [0.1, 0.15) is 17.3 Å². The number of aryl methyl sites for hydroxylation is 1. The van der Waals surface area contributed by atoms with Gasteiger partial charge in [-0.25, -0.2) is 4.98 Å². The minimum atomic E-state index is 0.550. The standard InChI is InChI=1S/C17H21N3O2S/c1-12-5-4-9-18-16(12)20-17(23)19-10-8-13-11-14(21-2)6-7-15(13)22-3/h4-7,9,11H,8,10H2,1-3H3,(H2,18,19,20,23). The zero-order valence-corrected chi connectivity index (χ0v) is 14.4. The van der Waals surface area contributed by atoms with Gasteiger partial charge in [-0.2, -0.15) is 0 Å². The lowest BCUT2D eigenvalue weighted by atomic mass is 10.1. The molecule has 0 unspecified atom stereocenters. The highest BCUT2D eigenvalue weighted by Crippen LogP contribution is 2.24. The molecule has 122 valence electrons. The molecule has 0 saturated heterocycles. The maximum atomic E-state index is 5.37. The maximum absolute atomic E-state index is 5.37. The number of hydrogen-bond acceptors (Lipinski definition) is 4. The molecule has 0 aliphatic heterocycles. The Hall–Kier alpha value is -2.34. The first kappa shape index (κ1) is 17.0. The quantitative estimate of drug-likeness (QED) is 0.794. The fraction of sp³-hybridized carbons (Fsp3) is 0.294. The summed E-state index contributed by atoms with van der Waals surface area (Å²) in [6, 6.07) is 9.64. The molecule has 1 aromatic carbocycles. The van der Waals surface area contributed by atoms with Crippen LogP contribution in [0.1, 0.15) is 11.1 Å². The van der Waals surface area contributed by atoms with Crippen LogP contribution in [-0.2, 0) is 6.42 Å². The number of anilines is 1. The van der Waals surface area contributed by atoms with Crippen molar-refractivity contribution in [1.29, 1.82) is 0 Å². The van der Waals surface area contributed by atoms with Gasteiger partial charge in [0, 0.05) is 12.7 Å². The summed E-state index contributed by atoms with van der Waals surface area (Å²) in [5.41, 5.74) is 2.11. The molecule has 1 heterocycles. The number of nitrogens with zero attached hydrogens (tertiary/aromatic N) is 1. The maximum Gasteiger partial charge on any atom is 0.171 e. The third kappa shape index (κ3) is 4.82. The number of aromatic nitrogens is 1. The molecular formula is C17H21N3O2S. The Morgan fingerprint density at radius 3 is 2.74 bits per heavy atom. The van der Waals surface area contributed by atoms with E-state index in [2.05, 4.69) is 15.6 Å². The predicted molar refractivity (Wildman–Crippen MR) is 96.4 cm³/mol.